The smallest absolute Gasteiger partial charge is 0.0635 e. The highest BCUT2D eigenvalue weighted by molar-refractivity contribution is 5.27. The van der Waals surface area contributed by atoms with Gasteiger partial charge in [0.25, 0.3) is 0 Å². The molecule has 2 heterocycles. The molecule has 1 N–H and O–H groups in total. The molecule has 2 aliphatic heterocycles. The fourth-order valence-electron chi connectivity index (χ4n) is 4.39. The Morgan fingerprint density at radius 1 is 1.04 bits per heavy atom. The van der Waals surface area contributed by atoms with E-state index in [0.717, 1.165) is 65.4 Å². The van der Waals surface area contributed by atoms with Gasteiger partial charge in [0, 0.05) is 38.2 Å². The summed E-state index contributed by atoms with van der Waals surface area (Å²) in [5.41, 5.74) is 1.66. The van der Waals surface area contributed by atoms with E-state index in [1.165, 1.54) is 12.0 Å². The number of morpholine rings is 1. The Hall–Kier alpha value is -0.940. The van der Waals surface area contributed by atoms with E-state index in [1.54, 1.807) is 0 Å². The molecule has 0 aliphatic carbocycles. The topological polar surface area (TPSA) is 33.7 Å². The molecule has 2 saturated heterocycles. The molecule has 2 aliphatic rings. The second kappa shape index (κ2) is 8.63. The van der Waals surface area contributed by atoms with Crippen LogP contribution in [0.5, 0.6) is 0 Å². The van der Waals surface area contributed by atoms with Crippen LogP contribution in [0.25, 0.3) is 0 Å². The zero-order valence-corrected chi connectivity index (χ0v) is 15.9. The van der Waals surface area contributed by atoms with Crippen LogP contribution in [-0.2, 0) is 14.9 Å². The highest BCUT2D eigenvalue weighted by Crippen LogP contribution is 2.43. The summed E-state index contributed by atoms with van der Waals surface area (Å²) in [4.78, 5) is 2.49. The average Bonchev–Trinajstić information content (AvgIpc) is 2.62. The maximum Gasteiger partial charge on any atom is 0.0635 e. The number of nitrogens with zero attached hydrogens (tertiary/aromatic N) is 1. The lowest BCUT2D eigenvalue weighted by Gasteiger charge is -2.45. The normalized spacial score (nSPS) is 27.3. The van der Waals surface area contributed by atoms with Crippen LogP contribution in [0.15, 0.2) is 30.3 Å². The maximum atomic E-state index is 6.01. The predicted octanol–water partition coefficient (Wildman–Crippen LogP) is 2.83. The van der Waals surface area contributed by atoms with E-state index < -0.39 is 0 Å². The molecule has 0 spiro atoms. The second-order valence-corrected chi connectivity index (χ2v) is 8.14. The zero-order valence-electron chi connectivity index (χ0n) is 15.9. The lowest BCUT2D eigenvalue weighted by Crippen LogP contribution is -2.46. The van der Waals surface area contributed by atoms with Gasteiger partial charge < -0.3 is 14.8 Å². The van der Waals surface area contributed by atoms with Crippen LogP contribution in [0, 0.1) is 0 Å². The van der Waals surface area contributed by atoms with Crippen LogP contribution in [-0.4, -0.2) is 63.0 Å². The van der Waals surface area contributed by atoms with Gasteiger partial charge in [-0.1, -0.05) is 30.3 Å². The SMILES string of the molecule is CC1(C)C[C@@](CCNCCN2CCOCC2)(c2ccccc2)CCO1. The Morgan fingerprint density at radius 2 is 1.80 bits per heavy atom. The predicted molar refractivity (Wildman–Crippen MR) is 102 cm³/mol. The van der Waals surface area contributed by atoms with Crippen LogP contribution in [0.3, 0.4) is 0 Å². The molecular formula is C21H34N2O2. The van der Waals surface area contributed by atoms with Gasteiger partial charge >= 0.3 is 0 Å². The van der Waals surface area contributed by atoms with E-state index in [-0.39, 0.29) is 11.0 Å². The summed E-state index contributed by atoms with van der Waals surface area (Å²) in [6, 6.07) is 11.1. The fourth-order valence-corrected chi connectivity index (χ4v) is 4.39. The summed E-state index contributed by atoms with van der Waals surface area (Å²) < 4.78 is 11.4. The van der Waals surface area contributed by atoms with Gasteiger partial charge in [0.15, 0.2) is 0 Å². The molecule has 25 heavy (non-hydrogen) atoms. The van der Waals surface area contributed by atoms with Crippen LogP contribution in [0.1, 0.15) is 38.7 Å². The first kappa shape index (κ1) is 18.8. The van der Waals surface area contributed by atoms with E-state index in [0.29, 0.717) is 0 Å². The zero-order chi connectivity index (χ0) is 17.6. The largest absolute Gasteiger partial charge is 0.379 e. The van der Waals surface area contributed by atoms with Crippen molar-refractivity contribution in [2.75, 3.05) is 52.5 Å². The molecule has 0 unspecified atom stereocenters. The number of nitrogens with one attached hydrogen (secondary N) is 1. The average molecular weight is 347 g/mol. The minimum atomic E-state index is -0.0398. The standard InChI is InChI=1S/C21H34N2O2/c1-20(2)18-21(9-15-25-20,19-6-4-3-5-7-19)8-10-22-11-12-23-13-16-24-17-14-23/h3-7,22H,8-18H2,1-2H3/t21-/m0/s1. The molecule has 3 rings (SSSR count). The third-order valence-electron chi connectivity index (χ3n) is 5.71. The van der Waals surface area contributed by atoms with Crippen molar-refractivity contribution in [3.63, 3.8) is 0 Å². The van der Waals surface area contributed by atoms with Gasteiger partial charge in [0.2, 0.25) is 0 Å². The lowest BCUT2D eigenvalue weighted by atomic mass is 9.67. The molecule has 0 radical (unpaired) electrons. The Balaban J connectivity index is 1.53. The first-order valence-corrected chi connectivity index (χ1v) is 9.80. The number of rotatable bonds is 7. The second-order valence-electron chi connectivity index (χ2n) is 8.14. The first-order valence-electron chi connectivity index (χ1n) is 9.80. The number of hydrogen-bond donors (Lipinski definition) is 1. The van der Waals surface area contributed by atoms with Gasteiger partial charge in [-0.05, 0) is 45.2 Å². The number of hydrogen-bond acceptors (Lipinski definition) is 4. The van der Waals surface area contributed by atoms with Crippen molar-refractivity contribution in [3.8, 4) is 0 Å². The van der Waals surface area contributed by atoms with Crippen LogP contribution in [0.2, 0.25) is 0 Å². The number of benzene rings is 1. The van der Waals surface area contributed by atoms with E-state index in [4.69, 9.17) is 9.47 Å². The summed E-state index contributed by atoms with van der Waals surface area (Å²) in [5, 5.41) is 3.68. The molecule has 4 nitrogen and oxygen atoms in total. The van der Waals surface area contributed by atoms with Crippen molar-refractivity contribution in [3.05, 3.63) is 35.9 Å². The fraction of sp³-hybridized carbons (Fsp3) is 0.714. The van der Waals surface area contributed by atoms with Gasteiger partial charge in [0.1, 0.15) is 0 Å². The maximum absolute atomic E-state index is 6.01. The van der Waals surface area contributed by atoms with Gasteiger partial charge in [0.05, 0.1) is 18.8 Å². The summed E-state index contributed by atoms with van der Waals surface area (Å²) in [7, 11) is 0. The Labute approximate surface area is 152 Å². The lowest BCUT2D eigenvalue weighted by molar-refractivity contribution is -0.0840. The van der Waals surface area contributed by atoms with Crippen LogP contribution >= 0.6 is 0 Å². The van der Waals surface area contributed by atoms with Gasteiger partial charge in [-0.15, -0.1) is 0 Å². The highest BCUT2D eigenvalue weighted by Gasteiger charge is 2.41. The Bertz CT molecular complexity index is 514. The molecule has 2 fully saturated rings. The monoisotopic (exact) mass is 346 g/mol. The summed E-state index contributed by atoms with van der Waals surface area (Å²) in [6.45, 7) is 12.5. The molecule has 1 atom stereocenters. The van der Waals surface area contributed by atoms with Crippen molar-refractivity contribution in [1.82, 2.24) is 10.2 Å². The molecule has 0 saturated carbocycles. The quantitative estimate of drug-likeness (QED) is 0.770. The molecule has 1 aromatic rings. The molecule has 0 aromatic heterocycles. The van der Waals surface area contributed by atoms with Crippen molar-refractivity contribution >= 4 is 0 Å². The highest BCUT2D eigenvalue weighted by atomic mass is 16.5. The molecule has 140 valence electrons. The summed E-state index contributed by atoms with van der Waals surface area (Å²) in [5.74, 6) is 0. The minimum Gasteiger partial charge on any atom is -0.379 e. The molecule has 0 amide bonds. The van der Waals surface area contributed by atoms with E-state index >= 15 is 0 Å². The van der Waals surface area contributed by atoms with Gasteiger partial charge in [-0.3, -0.25) is 4.90 Å². The summed E-state index contributed by atoms with van der Waals surface area (Å²) >= 11 is 0. The molecular weight excluding hydrogens is 312 g/mol. The molecule has 1 aromatic carbocycles. The van der Waals surface area contributed by atoms with E-state index in [9.17, 15) is 0 Å². The van der Waals surface area contributed by atoms with Crippen LogP contribution < -0.4 is 5.32 Å². The van der Waals surface area contributed by atoms with Gasteiger partial charge in [-0.25, -0.2) is 0 Å². The third kappa shape index (κ3) is 5.27. The van der Waals surface area contributed by atoms with Gasteiger partial charge in [-0.2, -0.15) is 0 Å². The molecule has 4 heteroatoms. The van der Waals surface area contributed by atoms with Crippen LogP contribution in [0.4, 0.5) is 0 Å². The van der Waals surface area contributed by atoms with Crippen molar-refractivity contribution in [2.24, 2.45) is 0 Å². The number of ether oxygens (including phenoxy) is 2. The van der Waals surface area contributed by atoms with Crippen molar-refractivity contribution < 1.29 is 9.47 Å². The van der Waals surface area contributed by atoms with Crippen molar-refractivity contribution in [1.29, 1.82) is 0 Å². The minimum absolute atomic E-state index is 0.0398. The Morgan fingerprint density at radius 3 is 2.52 bits per heavy atom. The third-order valence-corrected chi connectivity index (χ3v) is 5.71. The van der Waals surface area contributed by atoms with E-state index in [2.05, 4.69) is 54.4 Å². The first-order chi connectivity index (χ1) is 12.1. The van der Waals surface area contributed by atoms with E-state index in [1.807, 2.05) is 0 Å². The summed E-state index contributed by atoms with van der Waals surface area (Å²) in [6.07, 6.45) is 3.38. The Kier molecular flexibility index (Phi) is 6.50. The molecule has 0 bridgehead atoms. The van der Waals surface area contributed by atoms with Crippen molar-refractivity contribution in [2.45, 2.75) is 44.1 Å².